The topological polar surface area (TPSA) is 96.4 Å². The molecule has 1 heterocycles. The Morgan fingerprint density at radius 3 is 2.61 bits per heavy atom. The van der Waals surface area contributed by atoms with Crippen molar-refractivity contribution in [2.45, 2.75) is 32.7 Å². The Labute approximate surface area is 217 Å². The SMILES string of the molecule is CNSNc1cccc(Oc2c(C(=O)NC3CC3)c(Nc3ccc(C)cc3F)n(C)c(=O)c2C)c1Cl. The van der Waals surface area contributed by atoms with Gasteiger partial charge >= 0.3 is 0 Å². The largest absolute Gasteiger partial charge is 0.454 e. The van der Waals surface area contributed by atoms with E-state index < -0.39 is 17.3 Å². The highest BCUT2D eigenvalue weighted by molar-refractivity contribution is 7.98. The summed E-state index contributed by atoms with van der Waals surface area (Å²) < 4.78 is 28.1. The van der Waals surface area contributed by atoms with Crippen molar-refractivity contribution >= 4 is 46.8 Å². The molecule has 0 atom stereocenters. The van der Waals surface area contributed by atoms with E-state index in [0.29, 0.717) is 5.69 Å². The van der Waals surface area contributed by atoms with Crippen molar-refractivity contribution in [3.63, 3.8) is 0 Å². The lowest BCUT2D eigenvalue weighted by molar-refractivity contribution is 0.0948. The zero-order chi connectivity index (χ0) is 26.0. The van der Waals surface area contributed by atoms with Gasteiger partial charge in [-0.3, -0.25) is 14.2 Å². The standard InChI is InChI=1S/C25H27ClFN5O3S/c1-13-8-11-17(16(27)12-13)30-23-20(24(33)29-15-9-10-15)22(14(2)25(34)32(23)4)35-19-7-5-6-18(21(19)26)31-36-28-3/h5-8,11-12,15,28,30-31H,9-10H2,1-4H3,(H,29,33). The van der Waals surface area contributed by atoms with Gasteiger partial charge in [0.15, 0.2) is 5.75 Å². The minimum Gasteiger partial charge on any atom is -0.454 e. The van der Waals surface area contributed by atoms with Crippen LogP contribution >= 0.6 is 23.7 Å². The van der Waals surface area contributed by atoms with Crippen LogP contribution in [0, 0.1) is 19.7 Å². The minimum atomic E-state index is -0.511. The lowest BCUT2D eigenvalue weighted by atomic mass is 10.1. The highest BCUT2D eigenvalue weighted by atomic mass is 35.5. The van der Waals surface area contributed by atoms with Gasteiger partial charge in [-0.05, 0) is 63.6 Å². The lowest BCUT2D eigenvalue weighted by Gasteiger charge is -2.22. The van der Waals surface area contributed by atoms with Gasteiger partial charge in [-0.1, -0.05) is 23.7 Å². The summed E-state index contributed by atoms with van der Waals surface area (Å²) in [5.41, 5.74) is 1.34. The maximum atomic E-state index is 14.7. The number of ether oxygens (including phenoxy) is 1. The zero-order valence-electron chi connectivity index (χ0n) is 20.3. The molecule has 1 amide bonds. The Balaban J connectivity index is 1.86. The molecule has 36 heavy (non-hydrogen) atoms. The van der Waals surface area contributed by atoms with E-state index in [1.807, 2.05) is 0 Å². The van der Waals surface area contributed by atoms with Gasteiger partial charge in [-0.2, -0.15) is 0 Å². The molecule has 3 aromatic rings. The maximum Gasteiger partial charge on any atom is 0.259 e. The first-order chi connectivity index (χ1) is 17.2. The highest BCUT2D eigenvalue weighted by Gasteiger charge is 2.31. The Hall–Kier alpha value is -3.21. The van der Waals surface area contributed by atoms with Crippen LogP contribution in [0.5, 0.6) is 11.5 Å². The molecule has 0 spiro atoms. The molecule has 0 radical (unpaired) electrons. The van der Waals surface area contributed by atoms with Gasteiger partial charge in [-0.25, -0.2) is 9.11 Å². The first kappa shape index (κ1) is 25.9. The number of carbonyl (C=O) groups is 1. The van der Waals surface area contributed by atoms with Crippen molar-refractivity contribution in [1.29, 1.82) is 0 Å². The van der Waals surface area contributed by atoms with Gasteiger partial charge in [-0.15, -0.1) is 0 Å². The van der Waals surface area contributed by atoms with Crippen LogP contribution in [0.2, 0.25) is 5.02 Å². The molecular weight excluding hydrogens is 505 g/mol. The lowest BCUT2D eigenvalue weighted by Crippen LogP contribution is -2.31. The number of aryl methyl sites for hydroxylation is 1. The number of pyridine rings is 1. The van der Waals surface area contributed by atoms with Crippen LogP contribution in [-0.2, 0) is 7.05 Å². The number of nitrogens with zero attached hydrogens (tertiary/aromatic N) is 1. The van der Waals surface area contributed by atoms with Gasteiger partial charge < -0.3 is 20.1 Å². The van der Waals surface area contributed by atoms with Crippen LogP contribution in [0.4, 0.5) is 21.6 Å². The van der Waals surface area contributed by atoms with E-state index >= 15 is 0 Å². The van der Waals surface area contributed by atoms with Crippen molar-refractivity contribution in [1.82, 2.24) is 14.6 Å². The fourth-order valence-corrected chi connectivity index (χ4v) is 4.27. The van der Waals surface area contributed by atoms with Crippen LogP contribution in [0.3, 0.4) is 0 Å². The van der Waals surface area contributed by atoms with Gasteiger partial charge in [0.2, 0.25) is 0 Å². The summed E-state index contributed by atoms with van der Waals surface area (Å²) in [5, 5.41) is 6.17. The Morgan fingerprint density at radius 2 is 1.94 bits per heavy atom. The number of aromatic nitrogens is 1. The molecule has 1 aliphatic rings. The van der Waals surface area contributed by atoms with Gasteiger partial charge in [0.25, 0.3) is 11.5 Å². The number of carbonyl (C=O) groups excluding carboxylic acids is 1. The molecular formula is C25H27ClFN5O3S. The molecule has 1 aliphatic carbocycles. The average molecular weight is 532 g/mol. The summed E-state index contributed by atoms with van der Waals surface area (Å²) in [6.45, 7) is 3.35. The zero-order valence-corrected chi connectivity index (χ0v) is 21.9. The van der Waals surface area contributed by atoms with Crippen LogP contribution < -0.4 is 30.4 Å². The van der Waals surface area contributed by atoms with Crippen LogP contribution in [0.15, 0.2) is 41.2 Å². The normalized spacial score (nSPS) is 12.8. The predicted octanol–water partition coefficient (Wildman–Crippen LogP) is 5.42. The van der Waals surface area contributed by atoms with Crippen molar-refractivity contribution in [3.8, 4) is 11.5 Å². The van der Waals surface area contributed by atoms with E-state index in [9.17, 15) is 14.0 Å². The molecule has 0 unspecified atom stereocenters. The van der Waals surface area contributed by atoms with E-state index in [4.69, 9.17) is 16.3 Å². The number of rotatable bonds is 9. The molecule has 4 rings (SSSR count). The third-order valence-electron chi connectivity index (χ3n) is 5.72. The molecule has 1 aromatic heterocycles. The van der Waals surface area contributed by atoms with Crippen molar-refractivity contribution < 1.29 is 13.9 Å². The first-order valence-electron chi connectivity index (χ1n) is 11.3. The predicted molar refractivity (Wildman–Crippen MR) is 143 cm³/mol. The maximum absolute atomic E-state index is 14.7. The number of benzene rings is 2. The number of halogens is 2. The van der Waals surface area contributed by atoms with Crippen LogP contribution in [0.1, 0.15) is 34.3 Å². The van der Waals surface area contributed by atoms with E-state index in [1.54, 1.807) is 51.2 Å². The second-order valence-corrected chi connectivity index (χ2v) is 9.72. The van der Waals surface area contributed by atoms with Crippen LogP contribution in [-0.4, -0.2) is 23.6 Å². The quantitative estimate of drug-likeness (QED) is 0.274. The number of hydrogen-bond donors (Lipinski definition) is 4. The summed E-state index contributed by atoms with van der Waals surface area (Å²) in [4.78, 5) is 26.7. The monoisotopic (exact) mass is 531 g/mol. The van der Waals surface area contributed by atoms with E-state index in [-0.39, 0.29) is 45.2 Å². The van der Waals surface area contributed by atoms with Gasteiger partial charge in [0.1, 0.15) is 28.0 Å². The summed E-state index contributed by atoms with van der Waals surface area (Å²) in [5.74, 6) is -0.535. The molecule has 8 nitrogen and oxygen atoms in total. The molecule has 2 aromatic carbocycles. The Bertz CT molecular complexity index is 1380. The molecule has 4 N–H and O–H groups in total. The Morgan fingerprint density at radius 1 is 1.19 bits per heavy atom. The summed E-state index contributed by atoms with van der Waals surface area (Å²) in [6.07, 6.45) is 1.73. The number of nitrogens with one attached hydrogen (secondary N) is 4. The summed E-state index contributed by atoms with van der Waals surface area (Å²) >= 11 is 7.79. The fraction of sp³-hybridized carbons (Fsp3) is 0.280. The summed E-state index contributed by atoms with van der Waals surface area (Å²) in [7, 11) is 3.28. The number of anilines is 3. The highest BCUT2D eigenvalue weighted by Crippen LogP contribution is 2.40. The molecule has 1 saturated carbocycles. The van der Waals surface area contributed by atoms with Crippen molar-refractivity contribution in [3.05, 3.63) is 74.3 Å². The van der Waals surface area contributed by atoms with Crippen molar-refractivity contribution in [2.75, 3.05) is 17.1 Å². The summed E-state index contributed by atoms with van der Waals surface area (Å²) in [6, 6.07) is 9.86. The number of amides is 1. The smallest absolute Gasteiger partial charge is 0.259 e. The average Bonchev–Trinajstić information content (AvgIpc) is 3.66. The molecule has 11 heteroatoms. The van der Waals surface area contributed by atoms with Crippen molar-refractivity contribution in [2.24, 2.45) is 7.05 Å². The molecule has 0 bridgehead atoms. The van der Waals surface area contributed by atoms with E-state index in [2.05, 4.69) is 20.1 Å². The molecule has 190 valence electrons. The fourth-order valence-electron chi connectivity index (χ4n) is 3.62. The van der Waals surface area contributed by atoms with E-state index in [0.717, 1.165) is 18.4 Å². The van der Waals surface area contributed by atoms with Gasteiger partial charge in [0.05, 0.1) is 16.9 Å². The second-order valence-electron chi connectivity index (χ2n) is 8.53. The Kier molecular flexibility index (Phi) is 7.77. The molecule has 0 saturated heterocycles. The third kappa shape index (κ3) is 5.45. The molecule has 0 aliphatic heterocycles. The van der Waals surface area contributed by atoms with Gasteiger partial charge in [0, 0.05) is 25.2 Å². The number of hydrogen-bond acceptors (Lipinski definition) is 7. The minimum absolute atomic E-state index is 0.0431. The molecule has 1 fully saturated rings. The van der Waals surface area contributed by atoms with Crippen LogP contribution in [0.25, 0.3) is 0 Å². The third-order valence-corrected chi connectivity index (χ3v) is 6.64. The second kappa shape index (κ2) is 10.8. The van der Waals surface area contributed by atoms with E-state index in [1.165, 1.54) is 29.8 Å². The first-order valence-corrected chi connectivity index (χ1v) is 12.5.